The summed E-state index contributed by atoms with van der Waals surface area (Å²) in [4.78, 5) is 0. The lowest BCUT2D eigenvalue weighted by Crippen LogP contribution is -2.33. The lowest BCUT2D eigenvalue weighted by molar-refractivity contribution is 0.0774. The fourth-order valence-corrected chi connectivity index (χ4v) is 6.16. The summed E-state index contributed by atoms with van der Waals surface area (Å²) in [6.45, 7) is 2.32. The van der Waals surface area contributed by atoms with Crippen LogP contribution in [0.15, 0.2) is 0 Å². The van der Waals surface area contributed by atoms with Crippen LogP contribution < -0.4 is 0 Å². The van der Waals surface area contributed by atoms with Gasteiger partial charge in [-0.3, -0.25) is 0 Å². The highest BCUT2D eigenvalue weighted by Crippen LogP contribution is 2.46. The van der Waals surface area contributed by atoms with Gasteiger partial charge in [-0.25, -0.2) is 4.39 Å². The monoisotopic (exact) mass is 333 g/mol. The number of nitrogens with zero attached hydrogens (tertiary/aromatic N) is 1. The van der Waals surface area contributed by atoms with E-state index in [1.54, 1.807) is 0 Å². The molecule has 0 spiro atoms. The van der Waals surface area contributed by atoms with E-state index in [-0.39, 0.29) is 5.92 Å². The van der Waals surface area contributed by atoms with E-state index < -0.39 is 6.17 Å². The fourth-order valence-electron chi connectivity index (χ4n) is 6.16. The number of hydrogen-bond acceptors (Lipinski definition) is 1. The molecule has 0 aromatic rings. The molecule has 24 heavy (non-hydrogen) atoms. The molecule has 0 bridgehead atoms. The van der Waals surface area contributed by atoms with Crippen LogP contribution in [0, 0.1) is 46.8 Å². The average molecular weight is 334 g/mol. The molecule has 1 nitrogen and oxygen atoms in total. The summed E-state index contributed by atoms with van der Waals surface area (Å²) < 4.78 is 14.1. The van der Waals surface area contributed by atoms with E-state index in [1.807, 2.05) is 0 Å². The van der Waals surface area contributed by atoms with Crippen LogP contribution in [0.5, 0.6) is 0 Å². The molecule has 3 aliphatic carbocycles. The molecule has 0 aromatic heterocycles. The molecule has 3 fully saturated rings. The maximum atomic E-state index is 14.1. The first-order valence-corrected chi connectivity index (χ1v) is 10.7. The van der Waals surface area contributed by atoms with Gasteiger partial charge in [-0.15, -0.1) is 0 Å². The summed E-state index contributed by atoms with van der Waals surface area (Å²) in [6, 6.07) is 2.16. The predicted molar refractivity (Wildman–Crippen MR) is 97.1 cm³/mol. The molecule has 3 saturated carbocycles. The van der Waals surface area contributed by atoms with Crippen molar-refractivity contribution in [3.8, 4) is 6.07 Å². The van der Waals surface area contributed by atoms with Gasteiger partial charge < -0.3 is 0 Å². The first-order chi connectivity index (χ1) is 11.7. The van der Waals surface area contributed by atoms with Gasteiger partial charge >= 0.3 is 0 Å². The predicted octanol–water partition coefficient (Wildman–Crippen LogP) is 6.68. The summed E-state index contributed by atoms with van der Waals surface area (Å²) >= 11 is 0. The van der Waals surface area contributed by atoms with Gasteiger partial charge in [-0.05, 0) is 87.4 Å². The van der Waals surface area contributed by atoms with Gasteiger partial charge in [0.05, 0.1) is 12.0 Å². The Balaban J connectivity index is 1.41. The third kappa shape index (κ3) is 4.33. The van der Waals surface area contributed by atoms with Crippen LogP contribution in [0.4, 0.5) is 4.39 Å². The van der Waals surface area contributed by atoms with Crippen molar-refractivity contribution in [1.29, 1.82) is 5.26 Å². The second-order valence-electron chi connectivity index (χ2n) is 9.07. The van der Waals surface area contributed by atoms with Gasteiger partial charge in [0, 0.05) is 0 Å². The molecule has 0 N–H and O–H groups in total. The highest BCUT2D eigenvalue weighted by atomic mass is 19.1. The van der Waals surface area contributed by atoms with Crippen molar-refractivity contribution in [3.05, 3.63) is 0 Å². The largest absolute Gasteiger partial charge is 0.246 e. The maximum absolute atomic E-state index is 14.1. The molecular formula is C22H36FN. The van der Waals surface area contributed by atoms with E-state index in [2.05, 4.69) is 13.0 Å². The summed E-state index contributed by atoms with van der Waals surface area (Å²) in [5.41, 5.74) is 0. The molecule has 3 aliphatic rings. The fraction of sp³-hybridized carbons (Fsp3) is 0.955. The highest BCUT2D eigenvalue weighted by molar-refractivity contribution is 4.95. The van der Waals surface area contributed by atoms with Gasteiger partial charge in [-0.1, -0.05) is 32.6 Å². The minimum Gasteiger partial charge on any atom is -0.246 e. The van der Waals surface area contributed by atoms with Crippen LogP contribution in [0.25, 0.3) is 0 Å². The minimum atomic E-state index is -0.861. The Morgan fingerprint density at radius 1 is 0.792 bits per heavy atom. The average Bonchev–Trinajstić information content (AvgIpc) is 2.63. The molecular weight excluding hydrogens is 297 g/mol. The maximum Gasteiger partial charge on any atom is 0.116 e. The quantitative estimate of drug-likeness (QED) is 0.563. The second-order valence-corrected chi connectivity index (χ2v) is 9.07. The Hall–Kier alpha value is -0.580. The molecule has 136 valence electrons. The van der Waals surface area contributed by atoms with E-state index in [0.717, 1.165) is 36.5 Å². The van der Waals surface area contributed by atoms with Crippen molar-refractivity contribution in [3.63, 3.8) is 0 Å². The smallest absolute Gasteiger partial charge is 0.116 e. The van der Waals surface area contributed by atoms with E-state index in [1.165, 1.54) is 64.2 Å². The second kappa shape index (κ2) is 8.68. The van der Waals surface area contributed by atoms with Crippen LogP contribution in [0.3, 0.4) is 0 Å². The third-order valence-electron chi connectivity index (χ3n) is 7.72. The Bertz CT molecular complexity index is 412. The van der Waals surface area contributed by atoms with E-state index in [0.29, 0.717) is 12.3 Å². The Morgan fingerprint density at radius 2 is 1.29 bits per heavy atom. The molecule has 0 aromatic carbocycles. The Labute approximate surface area is 148 Å². The molecule has 0 radical (unpaired) electrons. The van der Waals surface area contributed by atoms with E-state index in [4.69, 9.17) is 5.26 Å². The normalized spacial score (nSPS) is 44.0. The zero-order chi connectivity index (χ0) is 16.9. The van der Waals surface area contributed by atoms with Crippen molar-refractivity contribution in [1.82, 2.24) is 0 Å². The SMILES string of the molecule is CCCC1CCC(C2CCC(C3CCC(C#N)C(F)C3)CC2)CC1. The molecule has 3 atom stereocenters. The van der Waals surface area contributed by atoms with Crippen molar-refractivity contribution < 1.29 is 4.39 Å². The Kier molecular flexibility index (Phi) is 6.59. The Morgan fingerprint density at radius 3 is 1.79 bits per heavy atom. The van der Waals surface area contributed by atoms with Crippen molar-refractivity contribution in [2.24, 2.45) is 35.5 Å². The number of nitriles is 1. The first kappa shape index (κ1) is 18.2. The summed E-state index contributed by atoms with van der Waals surface area (Å²) in [5, 5.41) is 9.00. The number of alkyl halides is 1. The molecule has 0 saturated heterocycles. The summed E-state index contributed by atoms with van der Waals surface area (Å²) in [6.07, 6.45) is 15.8. The van der Waals surface area contributed by atoms with Crippen molar-refractivity contribution >= 4 is 0 Å². The van der Waals surface area contributed by atoms with E-state index in [9.17, 15) is 4.39 Å². The molecule has 3 rings (SSSR count). The van der Waals surface area contributed by atoms with Crippen LogP contribution in [-0.2, 0) is 0 Å². The van der Waals surface area contributed by atoms with Gasteiger partial charge in [0.25, 0.3) is 0 Å². The van der Waals surface area contributed by atoms with Gasteiger partial charge in [0.1, 0.15) is 6.17 Å². The van der Waals surface area contributed by atoms with Gasteiger partial charge in [0.15, 0.2) is 0 Å². The lowest BCUT2D eigenvalue weighted by Gasteiger charge is -2.41. The third-order valence-corrected chi connectivity index (χ3v) is 7.72. The first-order valence-electron chi connectivity index (χ1n) is 10.7. The van der Waals surface area contributed by atoms with Crippen molar-refractivity contribution in [2.75, 3.05) is 0 Å². The highest BCUT2D eigenvalue weighted by Gasteiger charge is 2.37. The zero-order valence-electron chi connectivity index (χ0n) is 15.6. The van der Waals surface area contributed by atoms with Crippen LogP contribution in [-0.4, -0.2) is 6.17 Å². The standard InChI is InChI=1S/C22H36FN/c1-2-3-16-4-6-17(7-5-16)18-8-10-19(11-9-18)20-12-13-21(15-24)22(23)14-20/h16-22H,2-14H2,1H3. The van der Waals surface area contributed by atoms with Crippen LogP contribution in [0.2, 0.25) is 0 Å². The molecule has 2 heteroatoms. The van der Waals surface area contributed by atoms with Crippen LogP contribution in [0.1, 0.15) is 90.4 Å². The molecule has 0 heterocycles. The van der Waals surface area contributed by atoms with Gasteiger partial charge in [-0.2, -0.15) is 5.26 Å². The summed E-state index contributed by atoms with van der Waals surface area (Å²) in [7, 11) is 0. The molecule has 0 aliphatic heterocycles. The van der Waals surface area contributed by atoms with Crippen LogP contribution >= 0.6 is 0 Å². The van der Waals surface area contributed by atoms with E-state index >= 15 is 0 Å². The number of hydrogen-bond donors (Lipinski definition) is 0. The topological polar surface area (TPSA) is 23.8 Å². The zero-order valence-corrected chi connectivity index (χ0v) is 15.6. The molecule has 3 unspecified atom stereocenters. The summed E-state index contributed by atoms with van der Waals surface area (Å²) in [5.74, 6) is 3.94. The van der Waals surface area contributed by atoms with Crippen molar-refractivity contribution in [2.45, 2.75) is 96.6 Å². The number of halogens is 1. The van der Waals surface area contributed by atoms with Gasteiger partial charge in [0.2, 0.25) is 0 Å². The molecule has 0 amide bonds. The minimum absolute atomic E-state index is 0.323. The number of rotatable bonds is 4. The lowest BCUT2D eigenvalue weighted by atomic mass is 9.64.